The van der Waals surface area contributed by atoms with Gasteiger partial charge in [0.15, 0.2) is 11.5 Å². The summed E-state index contributed by atoms with van der Waals surface area (Å²) in [5.74, 6) is 0.656. The number of phenols is 1. The second kappa shape index (κ2) is 4.90. The molecule has 0 bridgehead atoms. The molecule has 0 radical (unpaired) electrons. The molecular formula is C15H9ClO4. The molecule has 0 atom stereocenters. The zero-order valence-corrected chi connectivity index (χ0v) is 10.9. The number of hydrogen-bond acceptors (Lipinski definition) is 4. The van der Waals surface area contributed by atoms with Crippen molar-refractivity contribution in [3.8, 4) is 17.2 Å². The van der Waals surface area contributed by atoms with Crippen LogP contribution < -0.4 is 10.4 Å². The molecule has 0 aliphatic rings. The number of phenolic OH excluding ortho intramolecular Hbond substituents is 1. The summed E-state index contributed by atoms with van der Waals surface area (Å²) in [7, 11) is 0. The number of rotatable bonds is 2. The highest BCUT2D eigenvalue weighted by atomic mass is 35.5. The Labute approximate surface area is 118 Å². The molecule has 0 unspecified atom stereocenters. The Morgan fingerprint density at radius 2 is 1.85 bits per heavy atom. The molecule has 0 aliphatic heterocycles. The summed E-state index contributed by atoms with van der Waals surface area (Å²) in [6.07, 6.45) is 0. The van der Waals surface area contributed by atoms with Gasteiger partial charge in [-0.05, 0) is 30.3 Å². The number of benzene rings is 2. The molecule has 0 saturated carbocycles. The predicted octanol–water partition coefficient (Wildman–Crippen LogP) is 3.94. The molecule has 3 aromatic rings. The lowest BCUT2D eigenvalue weighted by Crippen LogP contribution is -1.94. The molecule has 1 heterocycles. The zero-order chi connectivity index (χ0) is 14.1. The van der Waals surface area contributed by atoms with Crippen LogP contribution in [0.3, 0.4) is 0 Å². The van der Waals surface area contributed by atoms with E-state index in [1.807, 2.05) is 0 Å². The van der Waals surface area contributed by atoms with Gasteiger partial charge in [-0.1, -0.05) is 11.6 Å². The minimum atomic E-state index is -0.427. The van der Waals surface area contributed by atoms with E-state index in [0.717, 1.165) is 5.39 Å². The van der Waals surface area contributed by atoms with Crippen LogP contribution in [0, 0.1) is 0 Å². The summed E-state index contributed by atoms with van der Waals surface area (Å²) in [6, 6.07) is 12.7. The SMILES string of the molecule is O=c1ccc2ccc(Oc3ccc(Cl)cc3O)cc2o1. The third-order valence-corrected chi connectivity index (χ3v) is 2.98. The number of aromatic hydroxyl groups is 1. The van der Waals surface area contributed by atoms with E-state index in [2.05, 4.69) is 0 Å². The largest absolute Gasteiger partial charge is 0.504 e. The third-order valence-electron chi connectivity index (χ3n) is 2.74. The minimum absolute atomic E-state index is 0.0629. The van der Waals surface area contributed by atoms with Gasteiger partial charge in [0, 0.05) is 28.6 Å². The topological polar surface area (TPSA) is 59.7 Å². The van der Waals surface area contributed by atoms with Crippen molar-refractivity contribution in [2.45, 2.75) is 0 Å². The van der Waals surface area contributed by atoms with E-state index in [-0.39, 0.29) is 11.5 Å². The first-order valence-electron chi connectivity index (χ1n) is 5.82. The van der Waals surface area contributed by atoms with Crippen LogP contribution in [0.4, 0.5) is 0 Å². The second-order valence-corrected chi connectivity index (χ2v) is 4.60. The average Bonchev–Trinajstić information content (AvgIpc) is 2.41. The van der Waals surface area contributed by atoms with Crippen LogP contribution in [0.1, 0.15) is 0 Å². The molecular weight excluding hydrogens is 280 g/mol. The van der Waals surface area contributed by atoms with Crippen LogP contribution in [-0.4, -0.2) is 5.11 Å². The lowest BCUT2D eigenvalue weighted by atomic mass is 10.2. The van der Waals surface area contributed by atoms with Crippen molar-refractivity contribution in [1.82, 2.24) is 0 Å². The molecule has 1 N–H and O–H groups in total. The van der Waals surface area contributed by atoms with Gasteiger partial charge >= 0.3 is 5.63 Å². The highest BCUT2D eigenvalue weighted by Crippen LogP contribution is 2.33. The fourth-order valence-corrected chi connectivity index (χ4v) is 1.97. The number of hydrogen-bond donors (Lipinski definition) is 1. The van der Waals surface area contributed by atoms with Gasteiger partial charge in [-0.15, -0.1) is 0 Å². The predicted molar refractivity (Wildman–Crippen MR) is 75.7 cm³/mol. The Balaban J connectivity index is 2.00. The Hall–Kier alpha value is -2.46. The maximum Gasteiger partial charge on any atom is 0.336 e. The quantitative estimate of drug-likeness (QED) is 0.726. The van der Waals surface area contributed by atoms with E-state index in [9.17, 15) is 9.90 Å². The van der Waals surface area contributed by atoms with E-state index >= 15 is 0 Å². The van der Waals surface area contributed by atoms with Crippen molar-refractivity contribution in [3.63, 3.8) is 0 Å². The maximum absolute atomic E-state index is 11.2. The van der Waals surface area contributed by atoms with Crippen molar-refractivity contribution >= 4 is 22.6 Å². The molecule has 0 aliphatic carbocycles. The van der Waals surface area contributed by atoms with Gasteiger partial charge in [0.05, 0.1) is 0 Å². The average molecular weight is 289 g/mol. The minimum Gasteiger partial charge on any atom is -0.504 e. The lowest BCUT2D eigenvalue weighted by Gasteiger charge is -2.08. The van der Waals surface area contributed by atoms with Gasteiger partial charge in [0.2, 0.25) is 0 Å². The molecule has 4 nitrogen and oxygen atoms in total. The van der Waals surface area contributed by atoms with Crippen molar-refractivity contribution < 1.29 is 14.3 Å². The Morgan fingerprint density at radius 3 is 2.65 bits per heavy atom. The van der Waals surface area contributed by atoms with Crippen LogP contribution in [0.5, 0.6) is 17.2 Å². The van der Waals surface area contributed by atoms with Crippen molar-refractivity contribution in [3.05, 3.63) is 64.0 Å². The van der Waals surface area contributed by atoms with E-state index in [4.69, 9.17) is 20.8 Å². The van der Waals surface area contributed by atoms with Crippen LogP contribution in [-0.2, 0) is 0 Å². The molecule has 0 amide bonds. The van der Waals surface area contributed by atoms with Gasteiger partial charge in [0.1, 0.15) is 11.3 Å². The molecule has 20 heavy (non-hydrogen) atoms. The summed E-state index contributed by atoms with van der Waals surface area (Å²) in [4.78, 5) is 11.2. The van der Waals surface area contributed by atoms with E-state index in [1.54, 1.807) is 36.4 Å². The van der Waals surface area contributed by atoms with Gasteiger partial charge < -0.3 is 14.3 Å². The Morgan fingerprint density at radius 1 is 1.05 bits per heavy atom. The monoisotopic (exact) mass is 288 g/mol. The van der Waals surface area contributed by atoms with E-state index in [1.165, 1.54) is 12.1 Å². The highest BCUT2D eigenvalue weighted by molar-refractivity contribution is 6.30. The maximum atomic E-state index is 11.2. The normalized spacial score (nSPS) is 10.7. The first-order chi connectivity index (χ1) is 9.61. The fourth-order valence-electron chi connectivity index (χ4n) is 1.81. The lowest BCUT2D eigenvalue weighted by molar-refractivity contribution is 0.411. The van der Waals surface area contributed by atoms with Crippen LogP contribution >= 0.6 is 11.6 Å². The molecule has 5 heteroatoms. The third kappa shape index (κ3) is 2.46. The van der Waals surface area contributed by atoms with Crippen molar-refractivity contribution in [1.29, 1.82) is 0 Å². The number of fused-ring (bicyclic) bond motifs is 1. The summed E-state index contributed by atoms with van der Waals surface area (Å²) >= 11 is 5.75. The van der Waals surface area contributed by atoms with Gasteiger partial charge in [0.25, 0.3) is 0 Å². The summed E-state index contributed by atoms with van der Waals surface area (Å²) < 4.78 is 10.6. The van der Waals surface area contributed by atoms with Crippen molar-refractivity contribution in [2.75, 3.05) is 0 Å². The summed E-state index contributed by atoms with van der Waals surface area (Å²) in [6.45, 7) is 0. The number of halogens is 1. The first-order valence-corrected chi connectivity index (χ1v) is 6.20. The Kier molecular flexibility index (Phi) is 3.08. The molecule has 0 spiro atoms. The molecule has 0 saturated heterocycles. The van der Waals surface area contributed by atoms with Gasteiger partial charge in [-0.25, -0.2) is 4.79 Å². The smallest absolute Gasteiger partial charge is 0.336 e. The summed E-state index contributed by atoms with van der Waals surface area (Å²) in [5, 5.41) is 10.9. The highest BCUT2D eigenvalue weighted by Gasteiger charge is 2.06. The van der Waals surface area contributed by atoms with Crippen molar-refractivity contribution in [2.24, 2.45) is 0 Å². The van der Waals surface area contributed by atoms with E-state index in [0.29, 0.717) is 16.4 Å². The molecule has 100 valence electrons. The van der Waals surface area contributed by atoms with Crippen LogP contribution in [0.15, 0.2) is 57.7 Å². The number of ether oxygens (including phenoxy) is 1. The molecule has 2 aromatic carbocycles. The molecule has 1 aromatic heterocycles. The standard InChI is InChI=1S/C15H9ClO4/c16-10-3-5-13(12(17)7-10)19-11-4-1-9-2-6-15(18)20-14(9)8-11/h1-8,17H. The fraction of sp³-hybridized carbons (Fsp3) is 0. The Bertz CT molecular complexity index is 839. The van der Waals surface area contributed by atoms with Crippen LogP contribution in [0.25, 0.3) is 11.0 Å². The molecule has 0 fully saturated rings. The summed E-state index contributed by atoms with van der Waals surface area (Å²) in [5.41, 5.74) is -0.00700. The first kappa shape index (κ1) is 12.6. The van der Waals surface area contributed by atoms with Crippen LogP contribution in [0.2, 0.25) is 5.02 Å². The van der Waals surface area contributed by atoms with E-state index < -0.39 is 5.63 Å². The van der Waals surface area contributed by atoms with Gasteiger partial charge in [-0.2, -0.15) is 0 Å². The van der Waals surface area contributed by atoms with Gasteiger partial charge in [-0.3, -0.25) is 0 Å². The zero-order valence-electron chi connectivity index (χ0n) is 10.2. The second-order valence-electron chi connectivity index (χ2n) is 4.17. The molecule has 3 rings (SSSR count).